The number of amides is 2. The second-order valence-electron chi connectivity index (χ2n) is 7.71. The molecule has 6 nitrogen and oxygen atoms in total. The van der Waals surface area contributed by atoms with Crippen molar-refractivity contribution in [1.82, 2.24) is 9.80 Å². The number of aryl methyl sites for hydroxylation is 2. The van der Waals surface area contributed by atoms with Crippen LogP contribution in [0.25, 0.3) is 0 Å². The maximum Gasteiger partial charge on any atom is 0.243 e. The van der Waals surface area contributed by atoms with E-state index >= 15 is 0 Å². The average molecular weight is 395 g/mol. The minimum absolute atomic E-state index is 0.0339. The third-order valence-corrected chi connectivity index (χ3v) is 5.33. The minimum Gasteiger partial charge on any atom is -0.369 e. The number of hydrogen-bond donors (Lipinski definition) is 1. The molecule has 2 amide bonds. The molecule has 1 N–H and O–H groups in total. The van der Waals surface area contributed by atoms with Gasteiger partial charge >= 0.3 is 0 Å². The number of carbonyl (C=O) groups excluding carboxylic acids is 2. The largest absolute Gasteiger partial charge is 0.369 e. The fraction of sp³-hybridized carbons (Fsp3) is 0.391. The van der Waals surface area contributed by atoms with Crippen LogP contribution in [-0.4, -0.2) is 67.9 Å². The number of benzene rings is 2. The predicted octanol–water partition coefficient (Wildman–Crippen LogP) is 2.52. The molecule has 0 aromatic heterocycles. The zero-order valence-electron chi connectivity index (χ0n) is 17.5. The number of carbonyl (C=O) groups is 2. The maximum atomic E-state index is 12.5. The molecule has 0 unspecified atom stereocenters. The van der Waals surface area contributed by atoms with Crippen LogP contribution in [0.15, 0.2) is 48.5 Å². The van der Waals surface area contributed by atoms with E-state index in [2.05, 4.69) is 46.3 Å². The Morgan fingerprint density at radius 3 is 2.28 bits per heavy atom. The van der Waals surface area contributed by atoms with E-state index in [0.717, 1.165) is 37.4 Å². The van der Waals surface area contributed by atoms with Crippen molar-refractivity contribution in [2.24, 2.45) is 0 Å². The Balaban J connectivity index is 1.43. The highest BCUT2D eigenvalue weighted by atomic mass is 16.2. The van der Waals surface area contributed by atoms with Gasteiger partial charge < -0.3 is 15.1 Å². The van der Waals surface area contributed by atoms with E-state index in [0.29, 0.717) is 6.54 Å². The molecule has 1 saturated heterocycles. The van der Waals surface area contributed by atoms with Crippen molar-refractivity contribution in [3.8, 4) is 0 Å². The fourth-order valence-electron chi connectivity index (χ4n) is 3.52. The number of nitrogens with one attached hydrogen (secondary N) is 1. The third-order valence-electron chi connectivity index (χ3n) is 5.33. The summed E-state index contributed by atoms with van der Waals surface area (Å²) in [6.45, 7) is 7.99. The lowest BCUT2D eigenvalue weighted by atomic mass is 10.1. The molecule has 1 heterocycles. The van der Waals surface area contributed by atoms with Crippen LogP contribution in [0.1, 0.15) is 11.1 Å². The van der Waals surface area contributed by atoms with E-state index < -0.39 is 0 Å². The Morgan fingerprint density at radius 1 is 0.966 bits per heavy atom. The second kappa shape index (κ2) is 9.56. The van der Waals surface area contributed by atoms with Gasteiger partial charge in [-0.15, -0.1) is 0 Å². The minimum atomic E-state index is -0.186. The zero-order valence-corrected chi connectivity index (χ0v) is 17.5. The number of rotatable bonds is 6. The summed E-state index contributed by atoms with van der Waals surface area (Å²) in [5, 5.41) is 2.83. The van der Waals surface area contributed by atoms with Gasteiger partial charge in [-0.3, -0.25) is 14.5 Å². The molecule has 0 radical (unpaired) electrons. The standard InChI is InChI=1S/C23H30N4O2/c1-18-8-10-20(11-9-18)24-22(28)16-25(3)23(29)17-26-12-14-27(15-13-26)21-7-5-4-6-19(21)2/h4-11H,12-17H2,1-3H3,(H,24,28). The monoisotopic (exact) mass is 394 g/mol. The first-order chi connectivity index (χ1) is 13.9. The Kier molecular flexibility index (Phi) is 6.88. The summed E-state index contributed by atoms with van der Waals surface area (Å²) >= 11 is 0. The molecule has 29 heavy (non-hydrogen) atoms. The van der Waals surface area contributed by atoms with Gasteiger partial charge in [-0.05, 0) is 37.6 Å². The summed E-state index contributed by atoms with van der Waals surface area (Å²) in [6, 6.07) is 16.0. The maximum absolute atomic E-state index is 12.5. The molecule has 2 aromatic carbocycles. The summed E-state index contributed by atoms with van der Waals surface area (Å²) in [7, 11) is 1.68. The van der Waals surface area contributed by atoms with Gasteiger partial charge in [-0.2, -0.15) is 0 Å². The van der Waals surface area contributed by atoms with Gasteiger partial charge in [0.2, 0.25) is 11.8 Å². The molecule has 154 valence electrons. The van der Waals surface area contributed by atoms with Crippen LogP contribution in [-0.2, 0) is 9.59 Å². The van der Waals surface area contributed by atoms with Crippen molar-refractivity contribution in [3.63, 3.8) is 0 Å². The topological polar surface area (TPSA) is 55.9 Å². The van der Waals surface area contributed by atoms with Crippen LogP contribution in [0.2, 0.25) is 0 Å². The number of hydrogen-bond acceptors (Lipinski definition) is 4. The smallest absolute Gasteiger partial charge is 0.243 e. The summed E-state index contributed by atoms with van der Waals surface area (Å²) < 4.78 is 0. The van der Waals surface area contributed by atoms with Crippen LogP contribution in [0.5, 0.6) is 0 Å². The van der Waals surface area contributed by atoms with Crippen LogP contribution in [0.4, 0.5) is 11.4 Å². The van der Waals surface area contributed by atoms with Gasteiger partial charge in [-0.1, -0.05) is 35.9 Å². The first-order valence-electron chi connectivity index (χ1n) is 10.1. The predicted molar refractivity (Wildman–Crippen MR) is 117 cm³/mol. The molecule has 2 aromatic rings. The first kappa shape index (κ1) is 20.9. The van der Waals surface area contributed by atoms with Crippen LogP contribution >= 0.6 is 0 Å². The molecule has 3 rings (SSSR count). The second-order valence-corrected chi connectivity index (χ2v) is 7.71. The van der Waals surface area contributed by atoms with Gasteiger partial charge in [-0.25, -0.2) is 0 Å². The Morgan fingerprint density at radius 2 is 1.62 bits per heavy atom. The van der Waals surface area contributed by atoms with Crippen LogP contribution in [0.3, 0.4) is 0 Å². The Bertz CT molecular complexity index is 842. The number of para-hydroxylation sites is 1. The normalized spacial score (nSPS) is 14.5. The summed E-state index contributed by atoms with van der Waals surface area (Å²) in [4.78, 5) is 30.8. The fourth-order valence-corrected chi connectivity index (χ4v) is 3.52. The first-order valence-corrected chi connectivity index (χ1v) is 10.1. The van der Waals surface area contributed by atoms with E-state index in [9.17, 15) is 9.59 Å². The zero-order chi connectivity index (χ0) is 20.8. The van der Waals surface area contributed by atoms with Crippen molar-refractivity contribution in [2.45, 2.75) is 13.8 Å². The van der Waals surface area contributed by atoms with E-state index in [1.807, 2.05) is 31.2 Å². The molecule has 1 fully saturated rings. The number of anilines is 2. The lowest BCUT2D eigenvalue weighted by molar-refractivity contribution is -0.134. The summed E-state index contributed by atoms with van der Waals surface area (Å²) in [5.74, 6) is -0.220. The van der Waals surface area contributed by atoms with Crippen molar-refractivity contribution in [3.05, 3.63) is 59.7 Å². The molecule has 6 heteroatoms. The highest BCUT2D eigenvalue weighted by molar-refractivity contribution is 5.94. The highest BCUT2D eigenvalue weighted by Gasteiger charge is 2.22. The van der Waals surface area contributed by atoms with Crippen LogP contribution < -0.4 is 10.2 Å². The number of likely N-dealkylation sites (N-methyl/N-ethyl adjacent to an activating group) is 1. The highest BCUT2D eigenvalue weighted by Crippen LogP contribution is 2.20. The van der Waals surface area contributed by atoms with E-state index in [4.69, 9.17) is 0 Å². The third kappa shape index (κ3) is 5.81. The van der Waals surface area contributed by atoms with Gasteiger partial charge in [0.25, 0.3) is 0 Å². The molecule has 0 bridgehead atoms. The molecule has 0 saturated carbocycles. The number of piperazine rings is 1. The van der Waals surface area contributed by atoms with E-state index in [1.54, 1.807) is 7.05 Å². The molecule has 1 aliphatic heterocycles. The molecule has 0 aliphatic carbocycles. The lowest BCUT2D eigenvalue weighted by Crippen LogP contribution is -2.50. The summed E-state index contributed by atoms with van der Waals surface area (Å²) in [6.07, 6.45) is 0. The van der Waals surface area contributed by atoms with Crippen molar-refractivity contribution < 1.29 is 9.59 Å². The molecular formula is C23H30N4O2. The van der Waals surface area contributed by atoms with Crippen molar-refractivity contribution in [1.29, 1.82) is 0 Å². The molecule has 0 spiro atoms. The van der Waals surface area contributed by atoms with Gasteiger partial charge in [0.15, 0.2) is 0 Å². The molecule has 1 aliphatic rings. The Labute approximate surface area is 173 Å². The van der Waals surface area contributed by atoms with Crippen molar-refractivity contribution in [2.75, 3.05) is 56.5 Å². The van der Waals surface area contributed by atoms with Gasteiger partial charge in [0.05, 0.1) is 13.1 Å². The van der Waals surface area contributed by atoms with E-state index in [-0.39, 0.29) is 18.4 Å². The van der Waals surface area contributed by atoms with Gasteiger partial charge in [0.1, 0.15) is 0 Å². The van der Waals surface area contributed by atoms with Crippen molar-refractivity contribution >= 4 is 23.2 Å². The lowest BCUT2D eigenvalue weighted by Gasteiger charge is -2.37. The van der Waals surface area contributed by atoms with E-state index in [1.165, 1.54) is 16.2 Å². The SMILES string of the molecule is Cc1ccc(NC(=O)CN(C)C(=O)CN2CCN(c3ccccc3C)CC2)cc1. The summed E-state index contributed by atoms with van der Waals surface area (Å²) in [5.41, 5.74) is 4.42. The molecular weight excluding hydrogens is 364 g/mol. The quantitative estimate of drug-likeness (QED) is 0.818. The number of nitrogens with zero attached hydrogens (tertiary/aromatic N) is 3. The average Bonchev–Trinajstić information content (AvgIpc) is 2.71. The van der Waals surface area contributed by atoms with Crippen LogP contribution in [0, 0.1) is 13.8 Å². The Hall–Kier alpha value is -2.86. The molecule has 0 atom stereocenters. The van der Waals surface area contributed by atoms with Gasteiger partial charge in [0, 0.05) is 44.6 Å².